The van der Waals surface area contributed by atoms with Crippen molar-refractivity contribution in [3.8, 4) is 0 Å². The first-order valence-electron chi connectivity index (χ1n) is 6.05. The smallest absolute Gasteiger partial charge is 0.260 e. The van der Waals surface area contributed by atoms with Crippen LogP contribution in [0.2, 0.25) is 0 Å². The molecule has 2 rings (SSSR count). The van der Waals surface area contributed by atoms with Crippen molar-refractivity contribution >= 4 is 28.1 Å². The Bertz CT molecular complexity index is 599. The first-order chi connectivity index (χ1) is 9.01. The average molecular weight is 275 g/mol. The zero-order valence-corrected chi connectivity index (χ0v) is 12.3. The predicted molar refractivity (Wildman–Crippen MR) is 80.3 cm³/mol. The van der Waals surface area contributed by atoms with Gasteiger partial charge in [0.15, 0.2) is 0 Å². The molecule has 5 heteroatoms. The standard InChI is InChI=1S/C14H17N3OS/c1-8-5-9(2)7-11(6-8)16-13(18)12-10(3)17-19-14(12)15-4/h5-7,15H,1-4H3,(H,16,18). The molecule has 1 amide bonds. The molecule has 4 nitrogen and oxygen atoms in total. The highest BCUT2D eigenvalue weighted by atomic mass is 32.1. The Morgan fingerprint density at radius 3 is 2.37 bits per heavy atom. The minimum absolute atomic E-state index is 0.124. The third-order valence-electron chi connectivity index (χ3n) is 2.80. The number of aromatic nitrogens is 1. The van der Waals surface area contributed by atoms with Crippen LogP contribution in [0.1, 0.15) is 27.2 Å². The molecule has 1 aromatic carbocycles. The van der Waals surface area contributed by atoms with E-state index in [1.165, 1.54) is 11.5 Å². The van der Waals surface area contributed by atoms with Crippen molar-refractivity contribution < 1.29 is 4.79 Å². The van der Waals surface area contributed by atoms with Crippen LogP contribution in [-0.2, 0) is 0 Å². The lowest BCUT2D eigenvalue weighted by atomic mass is 10.1. The molecule has 0 saturated heterocycles. The average Bonchev–Trinajstić information content (AvgIpc) is 2.68. The van der Waals surface area contributed by atoms with Crippen LogP contribution >= 0.6 is 11.5 Å². The number of anilines is 2. The van der Waals surface area contributed by atoms with E-state index < -0.39 is 0 Å². The summed E-state index contributed by atoms with van der Waals surface area (Å²) in [5.41, 5.74) is 4.44. The van der Waals surface area contributed by atoms with Crippen molar-refractivity contribution in [2.45, 2.75) is 20.8 Å². The quantitative estimate of drug-likeness (QED) is 0.903. The van der Waals surface area contributed by atoms with Crippen molar-refractivity contribution in [2.24, 2.45) is 0 Å². The minimum atomic E-state index is -0.124. The van der Waals surface area contributed by atoms with E-state index >= 15 is 0 Å². The van der Waals surface area contributed by atoms with Gasteiger partial charge in [0.1, 0.15) is 5.00 Å². The summed E-state index contributed by atoms with van der Waals surface area (Å²) in [6, 6.07) is 5.99. The Balaban J connectivity index is 2.28. The maximum absolute atomic E-state index is 12.3. The zero-order chi connectivity index (χ0) is 14.0. The molecule has 0 unspecified atom stereocenters. The molecule has 0 fully saturated rings. The molecule has 0 aliphatic carbocycles. The van der Waals surface area contributed by atoms with Crippen molar-refractivity contribution in [3.63, 3.8) is 0 Å². The van der Waals surface area contributed by atoms with E-state index in [1.807, 2.05) is 32.9 Å². The zero-order valence-electron chi connectivity index (χ0n) is 11.5. The summed E-state index contributed by atoms with van der Waals surface area (Å²) in [5.74, 6) is -0.124. The third kappa shape index (κ3) is 2.93. The number of nitrogens with zero attached hydrogens (tertiary/aromatic N) is 1. The third-order valence-corrected chi connectivity index (χ3v) is 3.75. The van der Waals surface area contributed by atoms with Crippen LogP contribution in [-0.4, -0.2) is 17.3 Å². The van der Waals surface area contributed by atoms with E-state index in [0.717, 1.165) is 27.5 Å². The van der Waals surface area contributed by atoms with Gasteiger partial charge in [0.25, 0.3) is 5.91 Å². The summed E-state index contributed by atoms with van der Waals surface area (Å²) in [4.78, 5) is 12.3. The molecule has 100 valence electrons. The second kappa shape index (κ2) is 5.40. The number of hydrogen-bond acceptors (Lipinski definition) is 4. The maximum Gasteiger partial charge on any atom is 0.260 e. The molecule has 1 heterocycles. The van der Waals surface area contributed by atoms with Gasteiger partial charge in [0.2, 0.25) is 0 Å². The highest BCUT2D eigenvalue weighted by Gasteiger charge is 2.17. The first kappa shape index (κ1) is 13.5. The van der Waals surface area contributed by atoms with Crippen LogP contribution in [0.25, 0.3) is 0 Å². The van der Waals surface area contributed by atoms with Crippen LogP contribution in [0.4, 0.5) is 10.7 Å². The number of benzene rings is 1. The number of amides is 1. The number of carbonyl (C=O) groups is 1. The monoisotopic (exact) mass is 275 g/mol. The van der Waals surface area contributed by atoms with Crippen LogP contribution in [0.3, 0.4) is 0 Å². The van der Waals surface area contributed by atoms with Crippen molar-refractivity contribution in [1.82, 2.24) is 4.37 Å². The predicted octanol–water partition coefficient (Wildman–Crippen LogP) is 3.36. The fraction of sp³-hybridized carbons (Fsp3) is 0.286. The molecule has 2 aromatic rings. The second-order valence-electron chi connectivity index (χ2n) is 4.55. The summed E-state index contributed by atoms with van der Waals surface area (Å²) in [6.07, 6.45) is 0. The van der Waals surface area contributed by atoms with Crippen LogP contribution in [0.5, 0.6) is 0 Å². The maximum atomic E-state index is 12.3. The van der Waals surface area contributed by atoms with E-state index in [2.05, 4.69) is 21.1 Å². The largest absolute Gasteiger partial charge is 0.378 e. The van der Waals surface area contributed by atoms with E-state index in [-0.39, 0.29) is 5.91 Å². The number of carbonyl (C=O) groups excluding carboxylic acids is 1. The molecule has 0 saturated carbocycles. The topological polar surface area (TPSA) is 54.0 Å². The fourth-order valence-electron chi connectivity index (χ4n) is 2.05. The molecule has 1 aromatic heterocycles. The second-order valence-corrected chi connectivity index (χ2v) is 5.33. The van der Waals surface area contributed by atoms with E-state index in [9.17, 15) is 4.79 Å². The summed E-state index contributed by atoms with van der Waals surface area (Å²) in [6.45, 7) is 5.87. The summed E-state index contributed by atoms with van der Waals surface area (Å²) >= 11 is 1.30. The minimum Gasteiger partial charge on any atom is -0.378 e. The number of hydrogen-bond donors (Lipinski definition) is 2. The molecule has 0 radical (unpaired) electrons. The summed E-state index contributed by atoms with van der Waals surface area (Å²) in [5, 5.41) is 6.72. The highest BCUT2D eigenvalue weighted by Crippen LogP contribution is 2.25. The van der Waals surface area contributed by atoms with Crippen molar-refractivity contribution in [2.75, 3.05) is 17.7 Å². The first-order valence-corrected chi connectivity index (χ1v) is 6.82. The lowest BCUT2D eigenvalue weighted by Gasteiger charge is -2.08. The molecule has 0 spiro atoms. The van der Waals surface area contributed by atoms with Crippen molar-refractivity contribution in [3.05, 3.63) is 40.6 Å². The molecule has 0 aliphatic heterocycles. The van der Waals surface area contributed by atoms with Gasteiger partial charge in [-0.1, -0.05) is 6.07 Å². The van der Waals surface area contributed by atoms with Gasteiger partial charge in [-0.25, -0.2) is 0 Å². The molecular weight excluding hydrogens is 258 g/mol. The molecule has 2 N–H and O–H groups in total. The van der Waals surface area contributed by atoms with Crippen molar-refractivity contribution in [1.29, 1.82) is 0 Å². The van der Waals surface area contributed by atoms with Crippen LogP contribution in [0.15, 0.2) is 18.2 Å². The van der Waals surface area contributed by atoms with Gasteiger partial charge in [-0.3, -0.25) is 4.79 Å². The summed E-state index contributed by atoms with van der Waals surface area (Å²) in [7, 11) is 1.79. The van der Waals surface area contributed by atoms with E-state index in [0.29, 0.717) is 5.56 Å². The van der Waals surface area contributed by atoms with Gasteiger partial charge in [-0.05, 0) is 55.6 Å². The van der Waals surface area contributed by atoms with Gasteiger partial charge >= 0.3 is 0 Å². The Hall–Kier alpha value is -1.88. The van der Waals surface area contributed by atoms with Gasteiger partial charge in [-0.15, -0.1) is 0 Å². The summed E-state index contributed by atoms with van der Waals surface area (Å²) < 4.78 is 4.20. The SMILES string of the molecule is CNc1snc(C)c1C(=O)Nc1cc(C)cc(C)c1. The van der Waals surface area contributed by atoms with Gasteiger partial charge < -0.3 is 10.6 Å². The normalized spacial score (nSPS) is 10.3. The number of rotatable bonds is 3. The Kier molecular flexibility index (Phi) is 3.85. The van der Waals surface area contributed by atoms with Gasteiger partial charge in [0.05, 0.1) is 11.3 Å². The Labute approximate surface area is 117 Å². The Morgan fingerprint density at radius 2 is 1.79 bits per heavy atom. The molecule has 0 aliphatic rings. The van der Waals surface area contributed by atoms with Crippen LogP contribution < -0.4 is 10.6 Å². The van der Waals surface area contributed by atoms with Gasteiger partial charge in [0, 0.05) is 12.7 Å². The van der Waals surface area contributed by atoms with Gasteiger partial charge in [-0.2, -0.15) is 4.37 Å². The molecule has 0 atom stereocenters. The molecule has 0 bridgehead atoms. The lowest BCUT2D eigenvalue weighted by Crippen LogP contribution is -2.14. The van der Waals surface area contributed by atoms with E-state index in [1.54, 1.807) is 7.05 Å². The van der Waals surface area contributed by atoms with E-state index in [4.69, 9.17) is 0 Å². The Morgan fingerprint density at radius 1 is 1.16 bits per heavy atom. The van der Waals surface area contributed by atoms with Crippen LogP contribution in [0, 0.1) is 20.8 Å². The highest BCUT2D eigenvalue weighted by molar-refractivity contribution is 7.10. The lowest BCUT2D eigenvalue weighted by molar-refractivity contribution is 0.102. The fourth-order valence-corrected chi connectivity index (χ4v) is 2.79. The molecule has 19 heavy (non-hydrogen) atoms. The number of aryl methyl sites for hydroxylation is 3. The number of nitrogens with one attached hydrogen (secondary N) is 2. The molecular formula is C14H17N3OS.